The van der Waals surface area contributed by atoms with Crippen LogP contribution in [0, 0.1) is 4.64 Å². The third kappa shape index (κ3) is 2.31. The smallest absolute Gasteiger partial charge is 0.108 e. The molecule has 2 N–H and O–H groups in total. The van der Waals surface area contributed by atoms with Crippen LogP contribution in [0.3, 0.4) is 0 Å². The SMILES string of the molecule is CCc1c(Nc2ccccc2)cc[nH]c1=S. The molecule has 0 bridgehead atoms. The van der Waals surface area contributed by atoms with E-state index < -0.39 is 0 Å². The van der Waals surface area contributed by atoms with E-state index in [-0.39, 0.29) is 0 Å². The molecule has 0 saturated heterocycles. The van der Waals surface area contributed by atoms with Crippen LogP contribution in [0.2, 0.25) is 0 Å². The van der Waals surface area contributed by atoms with Crippen LogP contribution in [0.15, 0.2) is 42.6 Å². The summed E-state index contributed by atoms with van der Waals surface area (Å²) in [4.78, 5) is 3.05. The predicted octanol–water partition coefficient (Wildman–Crippen LogP) is 4.05. The molecule has 2 rings (SSSR count). The summed E-state index contributed by atoms with van der Waals surface area (Å²) in [6.07, 6.45) is 2.79. The van der Waals surface area contributed by atoms with Gasteiger partial charge in [-0.1, -0.05) is 37.3 Å². The average molecular weight is 230 g/mol. The molecule has 0 radical (unpaired) electrons. The number of para-hydroxylation sites is 1. The molecule has 1 heterocycles. The van der Waals surface area contributed by atoms with Crippen LogP contribution in [0.25, 0.3) is 0 Å². The Morgan fingerprint density at radius 3 is 2.62 bits per heavy atom. The molecule has 0 amide bonds. The van der Waals surface area contributed by atoms with Crippen LogP contribution in [0.4, 0.5) is 11.4 Å². The van der Waals surface area contributed by atoms with Crippen LogP contribution in [-0.4, -0.2) is 4.98 Å². The van der Waals surface area contributed by atoms with Gasteiger partial charge in [-0.2, -0.15) is 0 Å². The molecular weight excluding hydrogens is 216 g/mol. The summed E-state index contributed by atoms with van der Waals surface area (Å²) < 4.78 is 0.809. The van der Waals surface area contributed by atoms with E-state index in [2.05, 4.69) is 17.2 Å². The first-order chi connectivity index (χ1) is 7.81. The Morgan fingerprint density at radius 2 is 1.94 bits per heavy atom. The summed E-state index contributed by atoms with van der Waals surface area (Å²) in [5.41, 5.74) is 3.32. The quantitative estimate of drug-likeness (QED) is 0.778. The minimum atomic E-state index is 0.809. The van der Waals surface area contributed by atoms with Gasteiger partial charge in [0, 0.05) is 23.1 Å². The monoisotopic (exact) mass is 230 g/mol. The number of benzene rings is 1. The van der Waals surface area contributed by atoms with Crippen molar-refractivity contribution in [3.8, 4) is 0 Å². The van der Waals surface area contributed by atoms with Gasteiger partial charge in [0.05, 0.1) is 0 Å². The highest BCUT2D eigenvalue weighted by atomic mass is 32.1. The first-order valence-corrected chi connectivity index (χ1v) is 5.74. The number of rotatable bonds is 3. The van der Waals surface area contributed by atoms with Gasteiger partial charge in [-0.25, -0.2) is 0 Å². The number of H-pyrrole nitrogens is 1. The van der Waals surface area contributed by atoms with Gasteiger partial charge >= 0.3 is 0 Å². The number of hydrogen-bond acceptors (Lipinski definition) is 2. The summed E-state index contributed by atoms with van der Waals surface area (Å²) in [6.45, 7) is 2.11. The maximum atomic E-state index is 5.26. The highest BCUT2D eigenvalue weighted by Crippen LogP contribution is 2.20. The zero-order chi connectivity index (χ0) is 11.4. The third-order valence-corrected chi connectivity index (χ3v) is 2.83. The Hall–Kier alpha value is -1.61. The maximum absolute atomic E-state index is 5.26. The lowest BCUT2D eigenvalue weighted by Gasteiger charge is -2.10. The van der Waals surface area contributed by atoms with Gasteiger partial charge in [0.1, 0.15) is 4.64 Å². The van der Waals surface area contributed by atoms with Crippen molar-refractivity contribution >= 4 is 23.6 Å². The number of pyridine rings is 1. The van der Waals surface area contributed by atoms with Crippen LogP contribution < -0.4 is 5.32 Å². The average Bonchev–Trinajstić information content (AvgIpc) is 2.31. The fourth-order valence-electron chi connectivity index (χ4n) is 1.66. The highest BCUT2D eigenvalue weighted by Gasteiger charge is 2.02. The largest absolute Gasteiger partial charge is 0.355 e. The second-order valence-electron chi connectivity index (χ2n) is 3.54. The summed E-state index contributed by atoms with van der Waals surface area (Å²) >= 11 is 5.26. The Morgan fingerprint density at radius 1 is 1.19 bits per heavy atom. The van der Waals surface area contributed by atoms with Gasteiger partial charge in [-0.15, -0.1) is 0 Å². The summed E-state index contributed by atoms with van der Waals surface area (Å²) in [6, 6.07) is 12.1. The molecule has 0 aliphatic rings. The third-order valence-electron chi connectivity index (χ3n) is 2.47. The number of nitrogens with one attached hydrogen (secondary N) is 2. The minimum Gasteiger partial charge on any atom is -0.355 e. The lowest BCUT2D eigenvalue weighted by molar-refractivity contribution is 1.09. The zero-order valence-electron chi connectivity index (χ0n) is 9.16. The molecule has 1 aromatic carbocycles. The first-order valence-electron chi connectivity index (χ1n) is 5.34. The van der Waals surface area contributed by atoms with Gasteiger partial charge in [0.15, 0.2) is 0 Å². The number of hydrogen-bond donors (Lipinski definition) is 2. The maximum Gasteiger partial charge on any atom is 0.108 e. The minimum absolute atomic E-state index is 0.809. The van der Waals surface area contributed by atoms with Crippen molar-refractivity contribution in [1.29, 1.82) is 0 Å². The normalized spacial score (nSPS) is 10.1. The molecule has 2 nitrogen and oxygen atoms in total. The highest BCUT2D eigenvalue weighted by molar-refractivity contribution is 7.71. The van der Waals surface area contributed by atoms with Gasteiger partial charge in [-0.05, 0) is 24.6 Å². The standard InChI is InChI=1S/C13H14N2S/c1-2-11-12(8-9-14-13(11)16)15-10-6-4-3-5-7-10/h3-9H,2H2,1H3,(H2,14,15,16). The summed E-state index contributed by atoms with van der Waals surface area (Å²) in [5.74, 6) is 0. The van der Waals surface area contributed by atoms with Crippen molar-refractivity contribution in [2.75, 3.05) is 5.32 Å². The topological polar surface area (TPSA) is 27.8 Å². The first kappa shape index (κ1) is 10.9. The van der Waals surface area contributed by atoms with Crippen molar-refractivity contribution in [2.24, 2.45) is 0 Å². The zero-order valence-corrected chi connectivity index (χ0v) is 9.97. The van der Waals surface area contributed by atoms with Gasteiger partial charge in [-0.3, -0.25) is 0 Å². The van der Waals surface area contributed by atoms with Gasteiger partial charge < -0.3 is 10.3 Å². The molecular formula is C13H14N2S. The van der Waals surface area contributed by atoms with E-state index in [9.17, 15) is 0 Å². The van der Waals surface area contributed by atoms with Gasteiger partial charge in [0.2, 0.25) is 0 Å². The molecule has 0 aliphatic heterocycles. The Balaban J connectivity index is 2.35. The Labute approximate surface area is 100 Å². The molecule has 1 aromatic heterocycles. The van der Waals surface area contributed by atoms with Crippen molar-refractivity contribution in [3.63, 3.8) is 0 Å². The van der Waals surface area contributed by atoms with E-state index >= 15 is 0 Å². The van der Waals surface area contributed by atoms with E-state index in [0.29, 0.717) is 0 Å². The Bertz CT molecular complexity index is 517. The lowest BCUT2D eigenvalue weighted by atomic mass is 10.2. The molecule has 16 heavy (non-hydrogen) atoms. The molecule has 0 aliphatic carbocycles. The summed E-state index contributed by atoms with van der Waals surface area (Å²) in [5, 5.41) is 3.38. The molecule has 82 valence electrons. The van der Waals surface area contributed by atoms with E-state index in [1.165, 1.54) is 0 Å². The van der Waals surface area contributed by atoms with Crippen LogP contribution in [0.5, 0.6) is 0 Å². The number of aromatic nitrogens is 1. The fraction of sp³-hybridized carbons (Fsp3) is 0.154. The van der Waals surface area contributed by atoms with Crippen LogP contribution in [-0.2, 0) is 6.42 Å². The second kappa shape index (κ2) is 4.94. The number of anilines is 2. The fourth-order valence-corrected chi connectivity index (χ4v) is 1.98. The lowest BCUT2D eigenvalue weighted by Crippen LogP contribution is -1.96. The molecule has 0 unspecified atom stereocenters. The van der Waals surface area contributed by atoms with Crippen LogP contribution in [0.1, 0.15) is 12.5 Å². The van der Waals surface area contributed by atoms with Crippen molar-refractivity contribution in [1.82, 2.24) is 4.98 Å². The van der Waals surface area contributed by atoms with E-state index in [4.69, 9.17) is 12.2 Å². The van der Waals surface area contributed by atoms with Gasteiger partial charge in [0.25, 0.3) is 0 Å². The van der Waals surface area contributed by atoms with E-state index in [0.717, 1.165) is 28.0 Å². The van der Waals surface area contributed by atoms with E-state index in [1.807, 2.05) is 42.6 Å². The Kier molecular flexibility index (Phi) is 3.37. The van der Waals surface area contributed by atoms with Crippen molar-refractivity contribution < 1.29 is 0 Å². The van der Waals surface area contributed by atoms with E-state index in [1.54, 1.807) is 0 Å². The van der Waals surface area contributed by atoms with Crippen molar-refractivity contribution in [3.05, 3.63) is 52.8 Å². The second-order valence-corrected chi connectivity index (χ2v) is 3.95. The molecule has 2 aromatic rings. The molecule has 0 saturated carbocycles. The number of aromatic amines is 1. The molecule has 0 fully saturated rings. The predicted molar refractivity (Wildman–Crippen MR) is 70.7 cm³/mol. The molecule has 0 spiro atoms. The van der Waals surface area contributed by atoms with Crippen molar-refractivity contribution in [2.45, 2.75) is 13.3 Å². The van der Waals surface area contributed by atoms with Crippen LogP contribution >= 0.6 is 12.2 Å². The summed E-state index contributed by atoms with van der Waals surface area (Å²) in [7, 11) is 0. The molecule has 3 heteroatoms. The molecule has 0 atom stereocenters.